The van der Waals surface area contributed by atoms with Crippen molar-refractivity contribution >= 4 is 0 Å². The third-order valence-corrected chi connectivity index (χ3v) is 3.44. The van der Waals surface area contributed by atoms with E-state index in [1.165, 1.54) is 29.8 Å². The molecule has 0 aromatic carbocycles. The monoisotopic (exact) mass is 207 g/mol. The van der Waals surface area contributed by atoms with Crippen LogP contribution in [0.2, 0.25) is 0 Å². The van der Waals surface area contributed by atoms with E-state index in [0.29, 0.717) is 11.8 Å². The van der Waals surface area contributed by atoms with Gasteiger partial charge in [0.2, 0.25) is 0 Å². The first-order valence-electron chi connectivity index (χ1n) is 5.90. The van der Waals surface area contributed by atoms with E-state index >= 15 is 0 Å². The summed E-state index contributed by atoms with van der Waals surface area (Å²) in [5.41, 5.74) is 9.92. The molecule has 3 nitrogen and oxygen atoms in total. The summed E-state index contributed by atoms with van der Waals surface area (Å²) in [6.45, 7) is 5.23. The molecule has 0 saturated heterocycles. The Kier molecular flexibility index (Phi) is 2.83. The average Bonchev–Trinajstić information content (AvgIpc) is 2.70. The fourth-order valence-corrected chi connectivity index (χ4v) is 2.71. The Hall–Kier alpha value is -0.830. The van der Waals surface area contributed by atoms with Crippen LogP contribution in [0.15, 0.2) is 0 Å². The Bertz CT molecular complexity index is 352. The van der Waals surface area contributed by atoms with Crippen molar-refractivity contribution in [1.82, 2.24) is 9.78 Å². The largest absolute Gasteiger partial charge is 0.330 e. The minimum absolute atomic E-state index is 0.526. The van der Waals surface area contributed by atoms with E-state index in [4.69, 9.17) is 5.73 Å². The van der Waals surface area contributed by atoms with Gasteiger partial charge in [0.15, 0.2) is 0 Å². The van der Waals surface area contributed by atoms with Crippen LogP contribution in [0.5, 0.6) is 0 Å². The second-order valence-electron chi connectivity index (χ2n) is 4.84. The van der Waals surface area contributed by atoms with Crippen molar-refractivity contribution in [3.63, 3.8) is 0 Å². The van der Waals surface area contributed by atoms with Crippen molar-refractivity contribution < 1.29 is 0 Å². The lowest BCUT2D eigenvalue weighted by Crippen LogP contribution is -2.07. The van der Waals surface area contributed by atoms with Crippen molar-refractivity contribution in [3.05, 3.63) is 17.0 Å². The summed E-state index contributed by atoms with van der Waals surface area (Å²) < 4.78 is 2.07. The maximum atomic E-state index is 5.67. The van der Waals surface area contributed by atoms with Gasteiger partial charge in [-0.25, -0.2) is 0 Å². The molecular formula is C12H21N3. The Labute approximate surface area is 91.7 Å². The number of hydrogen-bond acceptors (Lipinski definition) is 2. The number of aromatic nitrogens is 2. The summed E-state index contributed by atoms with van der Waals surface area (Å²) in [4.78, 5) is 0. The Morgan fingerprint density at radius 3 is 2.87 bits per heavy atom. The topological polar surface area (TPSA) is 43.8 Å². The fourth-order valence-electron chi connectivity index (χ4n) is 2.71. The zero-order chi connectivity index (χ0) is 11.0. The molecule has 2 N–H and O–H groups in total. The molecule has 0 amide bonds. The Morgan fingerprint density at radius 2 is 2.27 bits per heavy atom. The molecular weight excluding hydrogens is 186 g/mol. The van der Waals surface area contributed by atoms with Crippen molar-refractivity contribution in [2.24, 2.45) is 12.8 Å². The summed E-state index contributed by atoms with van der Waals surface area (Å²) in [6.07, 6.45) is 3.55. The summed E-state index contributed by atoms with van der Waals surface area (Å²) >= 11 is 0. The van der Waals surface area contributed by atoms with Gasteiger partial charge in [-0.15, -0.1) is 0 Å². The number of nitrogens with two attached hydrogens (primary N) is 1. The molecule has 0 radical (unpaired) electrons. The molecule has 1 heterocycles. The summed E-state index contributed by atoms with van der Waals surface area (Å²) in [7, 11) is 2.07. The van der Waals surface area contributed by atoms with Gasteiger partial charge in [0, 0.05) is 12.7 Å². The van der Waals surface area contributed by atoms with Gasteiger partial charge in [0.25, 0.3) is 0 Å². The number of rotatable bonds is 3. The highest BCUT2D eigenvalue weighted by atomic mass is 15.3. The van der Waals surface area contributed by atoms with Crippen molar-refractivity contribution in [1.29, 1.82) is 0 Å². The summed E-state index contributed by atoms with van der Waals surface area (Å²) in [5, 5.41) is 4.64. The summed E-state index contributed by atoms with van der Waals surface area (Å²) in [6, 6.07) is 0. The number of hydrogen-bond donors (Lipinski definition) is 1. The van der Waals surface area contributed by atoms with Gasteiger partial charge < -0.3 is 5.73 Å². The van der Waals surface area contributed by atoms with Crippen LogP contribution >= 0.6 is 0 Å². The predicted molar refractivity (Wildman–Crippen MR) is 62.0 cm³/mol. The first kappa shape index (κ1) is 10.7. The van der Waals surface area contributed by atoms with Crippen LogP contribution in [0.4, 0.5) is 0 Å². The molecule has 84 valence electrons. The molecule has 2 rings (SSSR count). The lowest BCUT2D eigenvalue weighted by molar-refractivity contribution is 0.596. The van der Waals surface area contributed by atoms with Gasteiger partial charge >= 0.3 is 0 Å². The van der Waals surface area contributed by atoms with Gasteiger partial charge in [-0.05, 0) is 43.2 Å². The summed E-state index contributed by atoms with van der Waals surface area (Å²) in [5.74, 6) is 1.19. The Balaban J connectivity index is 2.39. The smallest absolute Gasteiger partial charge is 0.0687 e. The van der Waals surface area contributed by atoms with Crippen LogP contribution in [0.3, 0.4) is 0 Å². The van der Waals surface area contributed by atoms with E-state index in [9.17, 15) is 0 Å². The zero-order valence-electron chi connectivity index (χ0n) is 9.95. The van der Waals surface area contributed by atoms with Crippen LogP contribution in [0, 0.1) is 0 Å². The van der Waals surface area contributed by atoms with Gasteiger partial charge in [-0.3, -0.25) is 4.68 Å². The van der Waals surface area contributed by atoms with Crippen molar-refractivity contribution in [2.45, 2.75) is 44.9 Å². The maximum Gasteiger partial charge on any atom is 0.0687 e. The molecule has 1 aliphatic rings. The molecule has 1 aliphatic carbocycles. The van der Waals surface area contributed by atoms with Gasteiger partial charge in [0.1, 0.15) is 0 Å². The van der Waals surface area contributed by atoms with Crippen LogP contribution in [0.1, 0.15) is 55.5 Å². The maximum absolute atomic E-state index is 5.67. The first-order valence-corrected chi connectivity index (χ1v) is 5.90. The molecule has 1 unspecified atom stereocenters. The van der Waals surface area contributed by atoms with Crippen LogP contribution in [-0.4, -0.2) is 16.3 Å². The lowest BCUT2D eigenvalue weighted by Gasteiger charge is -2.11. The van der Waals surface area contributed by atoms with E-state index in [1.807, 2.05) is 0 Å². The number of nitrogens with zero attached hydrogens (tertiary/aromatic N) is 2. The highest BCUT2D eigenvalue weighted by Gasteiger charge is 2.30. The molecule has 0 bridgehead atoms. The fraction of sp³-hybridized carbons (Fsp3) is 0.750. The van der Waals surface area contributed by atoms with Crippen LogP contribution in [-0.2, 0) is 13.5 Å². The third kappa shape index (κ3) is 1.69. The van der Waals surface area contributed by atoms with Crippen molar-refractivity contribution in [3.8, 4) is 0 Å². The number of aryl methyl sites for hydroxylation is 1. The molecule has 0 aliphatic heterocycles. The molecule has 0 spiro atoms. The second kappa shape index (κ2) is 3.97. The Morgan fingerprint density at radius 1 is 1.53 bits per heavy atom. The lowest BCUT2D eigenvalue weighted by atomic mass is 9.94. The predicted octanol–water partition coefficient (Wildman–Crippen LogP) is 1.92. The molecule has 1 aromatic heterocycles. The van der Waals surface area contributed by atoms with E-state index < -0.39 is 0 Å². The molecule has 0 fully saturated rings. The van der Waals surface area contributed by atoms with E-state index in [2.05, 4.69) is 30.7 Å². The zero-order valence-corrected chi connectivity index (χ0v) is 9.95. The molecule has 0 saturated carbocycles. The first-order chi connectivity index (χ1) is 7.15. The van der Waals surface area contributed by atoms with E-state index in [0.717, 1.165) is 13.0 Å². The van der Waals surface area contributed by atoms with Gasteiger partial charge in [-0.2, -0.15) is 5.10 Å². The number of fused-ring (bicyclic) bond motifs is 1. The van der Waals surface area contributed by atoms with Gasteiger partial charge in [-0.1, -0.05) is 13.8 Å². The molecule has 1 atom stereocenters. The van der Waals surface area contributed by atoms with Gasteiger partial charge in [0.05, 0.1) is 5.69 Å². The second-order valence-corrected chi connectivity index (χ2v) is 4.84. The highest BCUT2D eigenvalue weighted by molar-refractivity contribution is 5.36. The average molecular weight is 207 g/mol. The quantitative estimate of drug-likeness (QED) is 0.823. The molecule has 15 heavy (non-hydrogen) atoms. The van der Waals surface area contributed by atoms with E-state index in [1.54, 1.807) is 0 Å². The van der Waals surface area contributed by atoms with Crippen molar-refractivity contribution in [2.75, 3.05) is 6.54 Å². The minimum atomic E-state index is 0.526. The minimum Gasteiger partial charge on any atom is -0.330 e. The molecule has 1 aromatic rings. The van der Waals surface area contributed by atoms with E-state index in [-0.39, 0.29) is 0 Å². The normalized spacial score (nSPS) is 19.9. The van der Waals surface area contributed by atoms with Crippen LogP contribution < -0.4 is 5.73 Å². The highest BCUT2D eigenvalue weighted by Crippen LogP contribution is 2.39. The molecule has 3 heteroatoms. The third-order valence-electron chi connectivity index (χ3n) is 3.44. The SMILES string of the molecule is CC(C)c1nn(C)c2c1C(CCN)CC2. The van der Waals surface area contributed by atoms with Crippen LogP contribution in [0.25, 0.3) is 0 Å². The standard InChI is InChI=1S/C12H21N3/c1-8(2)12-11-9(6-7-13)4-5-10(11)15(3)14-12/h8-9H,4-7,13H2,1-3H3.